The van der Waals surface area contributed by atoms with Crippen LogP contribution in [0.1, 0.15) is 11.1 Å². The predicted molar refractivity (Wildman–Crippen MR) is 76.3 cm³/mol. The van der Waals surface area contributed by atoms with Gasteiger partial charge in [-0.3, -0.25) is 0 Å². The minimum atomic E-state index is -4.89. The first kappa shape index (κ1) is 17.3. The summed E-state index contributed by atoms with van der Waals surface area (Å²) in [6.45, 7) is 0. The van der Waals surface area contributed by atoms with Crippen LogP contribution < -0.4 is 4.52 Å². The normalized spacial score (nSPS) is 18.8. The largest absolute Gasteiger partial charge is 0.448 e. The van der Waals surface area contributed by atoms with Crippen molar-refractivity contribution in [3.05, 3.63) is 29.3 Å². The Morgan fingerprint density at radius 2 is 1.33 bits per heavy atom. The minimum Gasteiger partial charge on any atom is -0.448 e. The van der Waals surface area contributed by atoms with Gasteiger partial charge in [-0.1, -0.05) is 22.8 Å². The van der Waals surface area contributed by atoms with Crippen LogP contribution in [0.25, 0.3) is 0 Å². The van der Waals surface area contributed by atoms with Crippen LogP contribution in [-0.2, 0) is 24.2 Å². The van der Waals surface area contributed by atoms with Gasteiger partial charge >= 0.3 is 12.4 Å². The molecule has 1 heterocycles. The number of rotatable bonds is 2. The molecule has 0 spiro atoms. The molecule has 0 bridgehead atoms. The van der Waals surface area contributed by atoms with E-state index in [0.717, 1.165) is 0 Å². The maximum absolute atomic E-state index is 12.7. The standard InChI is InChI=1S/C10H7F6OPS3/c11-9(12,13)6-3-7(10(14,15)16)5-8(4-6)17-18(19)20-1-2-21-18/h3-5H,1-2H2. The maximum atomic E-state index is 12.7. The molecule has 0 amide bonds. The lowest BCUT2D eigenvalue weighted by Crippen LogP contribution is -2.11. The Balaban J connectivity index is 2.43. The van der Waals surface area contributed by atoms with Crippen LogP contribution in [0.15, 0.2) is 18.2 Å². The molecule has 1 aliphatic rings. The van der Waals surface area contributed by atoms with E-state index in [1.165, 1.54) is 22.8 Å². The zero-order chi connectivity index (χ0) is 15.9. The Kier molecular flexibility index (Phi) is 4.83. The van der Waals surface area contributed by atoms with E-state index in [-0.39, 0.29) is 6.07 Å². The number of benzene rings is 1. The summed E-state index contributed by atoms with van der Waals surface area (Å²) >= 11 is 7.72. The van der Waals surface area contributed by atoms with E-state index in [9.17, 15) is 26.3 Å². The van der Waals surface area contributed by atoms with Crippen LogP contribution in [0.5, 0.6) is 5.75 Å². The summed E-state index contributed by atoms with van der Waals surface area (Å²) in [5, 5.41) is 0. The highest BCUT2D eigenvalue weighted by atomic mass is 33.2. The summed E-state index contributed by atoms with van der Waals surface area (Å²) in [6.07, 6.45) is -9.77. The number of hydrogen-bond acceptors (Lipinski definition) is 4. The van der Waals surface area contributed by atoms with Crippen LogP contribution in [0.4, 0.5) is 26.3 Å². The fourth-order valence-corrected chi connectivity index (χ4v) is 10.4. The Morgan fingerprint density at radius 3 is 1.71 bits per heavy atom. The summed E-state index contributed by atoms with van der Waals surface area (Å²) in [4.78, 5) is 0. The molecule has 118 valence electrons. The molecule has 1 aromatic carbocycles. The lowest BCUT2D eigenvalue weighted by atomic mass is 10.1. The van der Waals surface area contributed by atoms with E-state index in [2.05, 4.69) is 0 Å². The van der Waals surface area contributed by atoms with Crippen molar-refractivity contribution < 1.29 is 30.9 Å². The summed E-state index contributed by atoms with van der Waals surface area (Å²) in [5.41, 5.74) is -2.80. The van der Waals surface area contributed by atoms with Crippen molar-refractivity contribution in [1.29, 1.82) is 0 Å². The number of hydrogen-bond donors (Lipinski definition) is 0. The molecule has 21 heavy (non-hydrogen) atoms. The lowest BCUT2D eigenvalue weighted by Gasteiger charge is -2.18. The van der Waals surface area contributed by atoms with Crippen molar-refractivity contribution in [3.8, 4) is 5.75 Å². The van der Waals surface area contributed by atoms with Gasteiger partial charge in [-0.15, -0.1) is 0 Å². The van der Waals surface area contributed by atoms with Gasteiger partial charge in [-0.2, -0.15) is 26.3 Å². The highest BCUT2D eigenvalue weighted by Gasteiger charge is 2.38. The van der Waals surface area contributed by atoms with E-state index in [1.54, 1.807) is 0 Å². The molecule has 0 aromatic heterocycles. The third kappa shape index (κ3) is 4.46. The van der Waals surface area contributed by atoms with E-state index < -0.39 is 33.9 Å². The lowest BCUT2D eigenvalue weighted by molar-refractivity contribution is -0.143. The van der Waals surface area contributed by atoms with Crippen LogP contribution in [0.3, 0.4) is 0 Å². The second kappa shape index (κ2) is 5.86. The van der Waals surface area contributed by atoms with Crippen LogP contribution in [-0.4, -0.2) is 11.5 Å². The van der Waals surface area contributed by atoms with Gasteiger partial charge in [0.15, 0.2) is 0 Å². The Hall–Kier alpha value is -0.0500. The van der Waals surface area contributed by atoms with E-state index in [0.29, 0.717) is 23.6 Å². The third-order valence-corrected chi connectivity index (χ3v) is 11.9. The van der Waals surface area contributed by atoms with Gasteiger partial charge in [0.25, 0.3) is 0 Å². The third-order valence-electron chi connectivity index (χ3n) is 2.36. The van der Waals surface area contributed by atoms with Crippen molar-refractivity contribution in [2.24, 2.45) is 0 Å². The first-order valence-electron chi connectivity index (χ1n) is 5.38. The van der Waals surface area contributed by atoms with Gasteiger partial charge in [0.1, 0.15) is 5.75 Å². The summed E-state index contributed by atoms with van der Waals surface area (Å²) in [7, 11) is 0. The molecular weight excluding hydrogens is 377 g/mol. The zero-order valence-electron chi connectivity index (χ0n) is 9.99. The highest BCUT2D eigenvalue weighted by Crippen LogP contribution is 2.73. The first-order chi connectivity index (χ1) is 9.50. The highest BCUT2D eigenvalue weighted by molar-refractivity contribution is 9.00. The zero-order valence-corrected chi connectivity index (χ0v) is 13.3. The molecule has 1 aliphatic heterocycles. The molecule has 1 saturated heterocycles. The Bertz CT molecular complexity index is 543. The average molecular weight is 384 g/mol. The monoisotopic (exact) mass is 384 g/mol. The molecule has 0 saturated carbocycles. The van der Waals surface area contributed by atoms with Gasteiger partial charge < -0.3 is 4.52 Å². The Labute approximate surface area is 129 Å². The van der Waals surface area contributed by atoms with Crippen molar-refractivity contribution in [1.82, 2.24) is 0 Å². The molecule has 11 heteroatoms. The molecule has 1 fully saturated rings. The molecule has 0 aliphatic carbocycles. The molecule has 0 unspecified atom stereocenters. The van der Waals surface area contributed by atoms with Crippen LogP contribution >= 0.6 is 27.4 Å². The van der Waals surface area contributed by atoms with Gasteiger partial charge in [-0.25, -0.2) is 0 Å². The summed E-state index contributed by atoms with van der Waals surface area (Å²) in [6, 6.07) is 1.18. The second-order valence-electron chi connectivity index (χ2n) is 3.95. The van der Waals surface area contributed by atoms with Gasteiger partial charge in [0.2, 0.25) is 4.67 Å². The van der Waals surface area contributed by atoms with Gasteiger partial charge in [-0.05, 0) is 30.0 Å². The maximum Gasteiger partial charge on any atom is 0.416 e. The fourth-order valence-electron chi connectivity index (χ4n) is 1.50. The van der Waals surface area contributed by atoms with Crippen molar-refractivity contribution in [2.45, 2.75) is 12.4 Å². The second-order valence-corrected chi connectivity index (χ2v) is 14.6. The van der Waals surface area contributed by atoms with Crippen LogP contribution in [0.2, 0.25) is 0 Å². The van der Waals surface area contributed by atoms with E-state index in [1.807, 2.05) is 0 Å². The number of alkyl halides is 6. The number of halogens is 6. The quantitative estimate of drug-likeness (QED) is 0.470. The topological polar surface area (TPSA) is 9.23 Å². The van der Waals surface area contributed by atoms with E-state index in [4.69, 9.17) is 16.3 Å². The fraction of sp³-hybridized carbons (Fsp3) is 0.400. The summed E-state index contributed by atoms with van der Waals surface area (Å²) < 4.78 is 79.0. The molecule has 0 atom stereocenters. The summed E-state index contributed by atoms with van der Waals surface area (Å²) in [5.74, 6) is 0.863. The molecule has 0 N–H and O–H groups in total. The van der Waals surface area contributed by atoms with Crippen molar-refractivity contribution in [3.63, 3.8) is 0 Å². The molecule has 1 nitrogen and oxygen atoms in total. The van der Waals surface area contributed by atoms with Gasteiger partial charge in [0.05, 0.1) is 11.1 Å². The molecule has 2 rings (SSSR count). The van der Waals surface area contributed by atoms with Crippen LogP contribution in [0, 0.1) is 0 Å². The first-order valence-corrected chi connectivity index (χ1v) is 11.3. The average Bonchev–Trinajstić information content (AvgIpc) is 2.73. The minimum absolute atomic E-state index is 0.0658. The SMILES string of the molecule is FC(F)(F)c1cc(OP2(=S)SCCS2)cc(C(F)(F)F)c1. The van der Waals surface area contributed by atoms with Crippen molar-refractivity contribution in [2.75, 3.05) is 11.5 Å². The van der Waals surface area contributed by atoms with E-state index >= 15 is 0 Å². The smallest absolute Gasteiger partial charge is 0.416 e. The Morgan fingerprint density at radius 1 is 0.905 bits per heavy atom. The van der Waals surface area contributed by atoms with Crippen molar-refractivity contribution >= 4 is 39.2 Å². The molecule has 0 radical (unpaired) electrons. The van der Waals surface area contributed by atoms with Gasteiger partial charge in [0, 0.05) is 11.5 Å². The molecular formula is C10H7F6OPS3. The molecule has 1 aromatic rings. The predicted octanol–water partition coefficient (Wildman–Crippen LogP) is 5.81.